The molecule has 1 aliphatic heterocycles. The topological polar surface area (TPSA) is 32.3 Å². The quantitative estimate of drug-likeness (QED) is 0.829. The Labute approximate surface area is 122 Å². The molecule has 1 saturated heterocycles. The summed E-state index contributed by atoms with van der Waals surface area (Å²) in [5.41, 5.74) is 1.22. The molecular formula is C17H26N2O. The molecule has 1 aliphatic rings. The third-order valence-electron chi connectivity index (χ3n) is 3.93. The number of rotatable bonds is 7. The van der Waals surface area contributed by atoms with Crippen molar-refractivity contribution in [1.82, 2.24) is 10.2 Å². The van der Waals surface area contributed by atoms with Gasteiger partial charge in [-0.1, -0.05) is 37.3 Å². The number of benzene rings is 1. The highest BCUT2D eigenvalue weighted by Gasteiger charge is 2.18. The van der Waals surface area contributed by atoms with Crippen molar-refractivity contribution in [2.75, 3.05) is 13.1 Å². The lowest BCUT2D eigenvalue weighted by Crippen LogP contribution is -2.32. The van der Waals surface area contributed by atoms with Gasteiger partial charge in [0.05, 0.1) is 0 Å². The van der Waals surface area contributed by atoms with Gasteiger partial charge in [-0.15, -0.1) is 0 Å². The third kappa shape index (κ3) is 4.64. The maximum Gasteiger partial charge on any atom is 0.222 e. The number of nitrogens with one attached hydrogen (secondary N) is 1. The largest absolute Gasteiger partial charge is 0.338 e. The van der Waals surface area contributed by atoms with Gasteiger partial charge in [0.15, 0.2) is 0 Å². The molecule has 0 aliphatic carbocycles. The summed E-state index contributed by atoms with van der Waals surface area (Å²) in [6, 6.07) is 10.8. The smallest absolute Gasteiger partial charge is 0.222 e. The molecule has 20 heavy (non-hydrogen) atoms. The fraction of sp³-hybridized carbons (Fsp3) is 0.588. The zero-order chi connectivity index (χ0) is 14.2. The normalized spacial score (nSPS) is 18.1. The summed E-state index contributed by atoms with van der Waals surface area (Å²) in [5.74, 6) is 0.296. The Hall–Kier alpha value is -1.35. The van der Waals surface area contributed by atoms with Gasteiger partial charge >= 0.3 is 0 Å². The molecule has 0 radical (unpaired) electrons. The summed E-state index contributed by atoms with van der Waals surface area (Å²) in [4.78, 5) is 14.4. The molecule has 1 unspecified atom stereocenters. The Bertz CT molecular complexity index is 399. The van der Waals surface area contributed by atoms with Crippen LogP contribution in [-0.4, -0.2) is 29.9 Å². The minimum atomic E-state index is 0.296. The monoisotopic (exact) mass is 274 g/mol. The van der Waals surface area contributed by atoms with E-state index in [1.165, 1.54) is 18.4 Å². The van der Waals surface area contributed by atoms with E-state index in [0.717, 1.165) is 32.5 Å². The lowest BCUT2D eigenvalue weighted by Gasteiger charge is -2.23. The van der Waals surface area contributed by atoms with Gasteiger partial charge in [-0.3, -0.25) is 4.79 Å². The van der Waals surface area contributed by atoms with Crippen LogP contribution in [0.4, 0.5) is 0 Å². The minimum absolute atomic E-state index is 0.296. The Kier molecular flexibility index (Phi) is 6.06. The Morgan fingerprint density at radius 3 is 2.80 bits per heavy atom. The summed E-state index contributed by atoms with van der Waals surface area (Å²) >= 11 is 0. The van der Waals surface area contributed by atoms with E-state index < -0.39 is 0 Å². The van der Waals surface area contributed by atoms with Crippen molar-refractivity contribution >= 4 is 5.91 Å². The fourth-order valence-electron chi connectivity index (χ4n) is 2.82. The molecule has 1 aromatic rings. The van der Waals surface area contributed by atoms with E-state index in [9.17, 15) is 4.79 Å². The van der Waals surface area contributed by atoms with Crippen LogP contribution < -0.4 is 5.32 Å². The van der Waals surface area contributed by atoms with Crippen molar-refractivity contribution in [3.8, 4) is 0 Å². The van der Waals surface area contributed by atoms with Crippen molar-refractivity contribution in [3.05, 3.63) is 35.9 Å². The van der Waals surface area contributed by atoms with E-state index in [4.69, 9.17) is 0 Å². The second kappa shape index (κ2) is 8.05. The average Bonchev–Trinajstić information content (AvgIpc) is 2.99. The van der Waals surface area contributed by atoms with Gasteiger partial charge in [-0.2, -0.15) is 0 Å². The molecule has 1 amide bonds. The van der Waals surface area contributed by atoms with Gasteiger partial charge in [-0.25, -0.2) is 0 Å². The van der Waals surface area contributed by atoms with Gasteiger partial charge in [-0.05, 0) is 37.8 Å². The van der Waals surface area contributed by atoms with Gasteiger partial charge < -0.3 is 10.2 Å². The molecule has 2 rings (SSSR count). The molecule has 0 saturated carbocycles. The van der Waals surface area contributed by atoms with Gasteiger partial charge in [0, 0.05) is 25.6 Å². The van der Waals surface area contributed by atoms with Crippen LogP contribution in [0, 0.1) is 0 Å². The van der Waals surface area contributed by atoms with E-state index in [1.54, 1.807) is 0 Å². The maximum atomic E-state index is 12.4. The molecule has 1 fully saturated rings. The van der Waals surface area contributed by atoms with Crippen molar-refractivity contribution < 1.29 is 4.79 Å². The second-order valence-electron chi connectivity index (χ2n) is 5.63. The highest BCUT2D eigenvalue weighted by molar-refractivity contribution is 5.76. The first-order valence-corrected chi connectivity index (χ1v) is 7.84. The van der Waals surface area contributed by atoms with E-state index in [-0.39, 0.29) is 0 Å². The second-order valence-corrected chi connectivity index (χ2v) is 5.63. The Balaban J connectivity index is 1.84. The lowest BCUT2D eigenvalue weighted by molar-refractivity contribution is -0.132. The average molecular weight is 274 g/mol. The predicted octanol–water partition coefficient (Wildman–Crippen LogP) is 2.96. The maximum absolute atomic E-state index is 12.4. The van der Waals surface area contributed by atoms with E-state index in [2.05, 4.69) is 24.4 Å². The summed E-state index contributed by atoms with van der Waals surface area (Å²) < 4.78 is 0. The predicted molar refractivity (Wildman–Crippen MR) is 82.4 cm³/mol. The number of hydrogen-bond donors (Lipinski definition) is 1. The minimum Gasteiger partial charge on any atom is -0.338 e. The van der Waals surface area contributed by atoms with E-state index >= 15 is 0 Å². The first-order chi connectivity index (χ1) is 9.79. The molecule has 0 aromatic heterocycles. The van der Waals surface area contributed by atoms with E-state index in [1.807, 2.05) is 23.1 Å². The lowest BCUT2D eigenvalue weighted by atomic mass is 10.1. The summed E-state index contributed by atoms with van der Waals surface area (Å²) in [7, 11) is 0. The zero-order valence-electron chi connectivity index (χ0n) is 12.5. The van der Waals surface area contributed by atoms with Crippen LogP contribution in [0.3, 0.4) is 0 Å². The molecule has 1 atom stereocenters. The zero-order valence-corrected chi connectivity index (χ0v) is 12.5. The van der Waals surface area contributed by atoms with Crippen molar-refractivity contribution in [2.24, 2.45) is 0 Å². The first kappa shape index (κ1) is 15.0. The molecule has 3 nitrogen and oxygen atoms in total. The SMILES string of the molecule is CCCN(Cc1ccccc1)C(=O)CCC1CCCN1. The molecule has 110 valence electrons. The summed E-state index contributed by atoms with van der Waals surface area (Å²) in [6.07, 6.45) is 5.14. The fourth-order valence-corrected chi connectivity index (χ4v) is 2.82. The summed E-state index contributed by atoms with van der Waals surface area (Å²) in [5, 5.41) is 3.46. The highest BCUT2D eigenvalue weighted by atomic mass is 16.2. The van der Waals surface area contributed by atoms with Gasteiger partial charge in [0.2, 0.25) is 5.91 Å². The van der Waals surface area contributed by atoms with Crippen molar-refractivity contribution in [2.45, 2.75) is 51.6 Å². The standard InChI is InChI=1S/C17H26N2O/c1-2-13-19(14-15-7-4-3-5-8-15)17(20)11-10-16-9-6-12-18-16/h3-5,7-8,16,18H,2,6,9-14H2,1H3. The molecule has 1 N–H and O–H groups in total. The van der Waals surface area contributed by atoms with Crippen molar-refractivity contribution in [1.29, 1.82) is 0 Å². The number of amides is 1. The third-order valence-corrected chi connectivity index (χ3v) is 3.93. The van der Waals surface area contributed by atoms with E-state index in [0.29, 0.717) is 18.4 Å². The number of nitrogens with zero attached hydrogens (tertiary/aromatic N) is 1. The van der Waals surface area contributed by atoms with Crippen LogP contribution in [0.2, 0.25) is 0 Å². The molecule has 0 spiro atoms. The van der Waals surface area contributed by atoms with Gasteiger partial charge in [0.25, 0.3) is 0 Å². The Morgan fingerprint density at radius 2 is 2.15 bits per heavy atom. The number of hydrogen-bond acceptors (Lipinski definition) is 2. The number of carbonyl (C=O) groups is 1. The van der Waals surface area contributed by atoms with Crippen LogP contribution >= 0.6 is 0 Å². The van der Waals surface area contributed by atoms with Crippen molar-refractivity contribution in [3.63, 3.8) is 0 Å². The van der Waals surface area contributed by atoms with Crippen LogP contribution in [0.1, 0.15) is 44.6 Å². The van der Waals surface area contributed by atoms with Crippen LogP contribution in [-0.2, 0) is 11.3 Å². The van der Waals surface area contributed by atoms with Crippen LogP contribution in [0.5, 0.6) is 0 Å². The molecule has 1 heterocycles. The molecular weight excluding hydrogens is 248 g/mol. The Morgan fingerprint density at radius 1 is 1.35 bits per heavy atom. The first-order valence-electron chi connectivity index (χ1n) is 7.84. The van der Waals surface area contributed by atoms with Crippen LogP contribution in [0.25, 0.3) is 0 Å². The number of carbonyl (C=O) groups excluding carboxylic acids is 1. The summed E-state index contributed by atoms with van der Waals surface area (Å²) in [6.45, 7) is 4.84. The van der Waals surface area contributed by atoms with Crippen LogP contribution in [0.15, 0.2) is 30.3 Å². The van der Waals surface area contributed by atoms with Gasteiger partial charge in [0.1, 0.15) is 0 Å². The molecule has 0 bridgehead atoms. The molecule has 3 heteroatoms. The highest BCUT2D eigenvalue weighted by Crippen LogP contribution is 2.13. The molecule has 1 aromatic carbocycles.